The number of fused-ring (bicyclic) bond motifs is 1. The summed E-state index contributed by atoms with van der Waals surface area (Å²) in [5, 5.41) is 12.4. The minimum atomic E-state index is -4.79. The molecule has 1 fully saturated rings. The van der Waals surface area contributed by atoms with Crippen molar-refractivity contribution in [1.82, 2.24) is 14.8 Å². The van der Waals surface area contributed by atoms with Crippen molar-refractivity contribution in [2.45, 2.75) is 44.5 Å². The number of likely N-dealkylation sites (N-methyl/N-ethyl adjacent to an activating group) is 2. The monoisotopic (exact) mass is 645 g/mol. The van der Waals surface area contributed by atoms with Gasteiger partial charge in [0.25, 0.3) is 0 Å². The predicted octanol–water partition coefficient (Wildman–Crippen LogP) is 4.20. The molecular weight excluding hydrogens is 606 g/mol. The minimum absolute atomic E-state index is 0.0302. The Kier molecular flexibility index (Phi) is 11.2. The lowest BCUT2D eigenvalue weighted by atomic mass is 10.0. The summed E-state index contributed by atoms with van der Waals surface area (Å²) in [4.78, 5) is 36.9. The van der Waals surface area contributed by atoms with E-state index in [-0.39, 0.29) is 55.3 Å². The molecule has 3 heterocycles. The summed E-state index contributed by atoms with van der Waals surface area (Å²) < 4.78 is 62.5. The summed E-state index contributed by atoms with van der Waals surface area (Å²) in [6, 6.07) is 5.70. The maximum atomic E-state index is 15.3. The molecule has 2 aliphatic heterocycles. The number of aryl methyl sites for hydroxylation is 1. The molecule has 0 aliphatic carbocycles. The number of para-hydroxylation sites is 1. The second-order valence-electron chi connectivity index (χ2n) is 11.7. The van der Waals surface area contributed by atoms with Crippen molar-refractivity contribution in [3.63, 3.8) is 0 Å². The Morgan fingerprint density at radius 2 is 1.93 bits per heavy atom. The molecule has 1 saturated heterocycles. The summed E-state index contributed by atoms with van der Waals surface area (Å²) in [6.45, 7) is 3.86. The van der Waals surface area contributed by atoms with E-state index in [2.05, 4.69) is 10.3 Å². The molecule has 10 nitrogen and oxygen atoms in total. The number of anilines is 3. The largest absolute Gasteiger partial charge is 0.417 e. The highest BCUT2D eigenvalue weighted by atomic mass is 19.4. The molecule has 2 aliphatic rings. The standard InChI is InChI=1S/C32H39F4N7O3/c1-21-19-24(32(34,35)36)23(20-37)30(38-21)39-26-12-16-43(29-25(33)7-5-8-27(29)41(4)31(26)45)17-18-46-22-10-14-42(15-11-22)28(44)9-6-13-40(2)3/h5-9,19,22,26H,10-18H2,1-4H3,(H,38,39)/b9-6+/t26-/m0/s1. The zero-order valence-corrected chi connectivity index (χ0v) is 26.4. The van der Waals surface area contributed by atoms with E-state index in [1.807, 2.05) is 25.1 Å². The maximum absolute atomic E-state index is 15.3. The number of amides is 2. The van der Waals surface area contributed by atoms with Gasteiger partial charge in [0.2, 0.25) is 11.8 Å². The molecule has 14 heteroatoms. The third kappa shape index (κ3) is 8.32. The molecule has 4 rings (SSSR count). The molecule has 2 aromatic rings. The Bertz CT molecular complexity index is 1480. The first kappa shape index (κ1) is 34.6. The van der Waals surface area contributed by atoms with Crippen LogP contribution in [0.25, 0.3) is 0 Å². The number of halogens is 4. The zero-order chi connectivity index (χ0) is 33.6. The highest BCUT2D eigenvalue weighted by Crippen LogP contribution is 2.37. The highest BCUT2D eigenvalue weighted by molar-refractivity contribution is 6.01. The van der Waals surface area contributed by atoms with Gasteiger partial charge in [-0.05, 0) is 58.5 Å². The van der Waals surface area contributed by atoms with Gasteiger partial charge in [-0.1, -0.05) is 12.1 Å². The number of carbonyl (C=O) groups is 2. The second-order valence-corrected chi connectivity index (χ2v) is 11.7. The molecule has 0 unspecified atom stereocenters. The lowest BCUT2D eigenvalue weighted by molar-refractivity contribution is -0.137. The molecule has 1 aromatic carbocycles. The highest BCUT2D eigenvalue weighted by Gasteiger charge is 2.37. The van der Waals surface area contributed by atoms with Crippen LogP contribution in [0.4, 0.5) is 34.8 Å². The van der Waals surface area contributed by atoms with E-state index >= 15 is 4.39 Å². The number of nitrogens with zero attached hydrogens (tertiary/aromatic N) is 6. The van der Waals surface area contributed by atoms with Crippen LogP contribution in [0.1, 0.15) is 36.1 Å². The summed E-state index contributed by atoms with van der Waals surface area (Å²) in [7, 11) is 5.32. The van der Waals surface area contributed by atoms with E-state index < -0.39 is 35.1 Å². The van der Waals surface area contributed by atoms with Crippen molar-refractivity contribution in [3.05, 3.63) is 59.1 Å². The number of hydrogen-bond donors (Lipinski definition) is 1. The minimum Gasteiger partial charge on any atom is -0.376 e. The Hall–Kier alpha value is -4.22. The number of benzene rings is 1. The van der Waals surface area contributed by atoms with Crippen molar-refractivity contribution in [2.75, 3.05) is 75.6 Å². The van der Waals surface area contributed by atoms with Gasteiger partial charge >= 0.3 is 6.18 Å². The van der Waals surface area contributed by atoms with E-state index in [1.54, 1.807) is 28.0 Å². The number of pyridine rings is 1. The first-order chi connectivity index (χ1) is 21.8. The molecule has 46 heavy (non-hydrogen) atoms. The fourth-order valence-electron chi connectivity index (χ4n) is 5.64. The smallest absolute Gasteiger partial charge is 0.376 e. The number of hydrogen-bond acceptors (Lipinski definition) is 8. The average Bonchev–Trinajstić information content (AvgIpc) is 3.00. The number of aromatic nitrogens is 1. The van der Waals surface area contributed by atoms with E-state index in [0.717, 1.165) is 6.07 Å². The normalized spacial score (nSPS) is 18.0. The third-order valence-corrected chi connectivity index (χ3v) is 8.03. The van der Waals surface area contributed by atoms with Gasteiger partial charge in [-0.3, -0.25) is 9.59 Å². The molecule has 0 spiro atoms. The topological polar surface area (TPSA) is 105 Å². The van der Waals surface area contributed by atoms with Gasteiger partial charge in [-0.25, -0.2) is 9.37 Å². The molecule has 0 bridgehead atoms. The molecular formula is C32H39F4N7O3. The van der Waals surface area contributed by atoms with Crippen molar-refractivity contribution >= 4 is 29.0 Å². The van der Waals surface area contributed by atoms with Crippen LogP contribution in [0.3, 0.4) is 0 Å². The fraction of sp³-hybridized carbons (Fsp3) is 0.500. The van der Waals surface area contributed by atoms with Gasteiger partial charge in [0.1, 0.15) is 29.3 Å². The number of piperidine rings is 1. The molecule has 0 saturated carbocycles. The van der Waals surface area contributed by atoms with Crippen LogP contribution < -0.4 is 15.1 Å². The Morgan fingerprint density at radius 3 is 2.59 bits per heavy atom. The van der Waals surface area contributed by atoms with Crippen LogP contribution >= 0.6 is 0 Å². The molecule has 1 atom stereocenters. The average molecular weight is 646 g/mol. The van der Waals surface area contributed by atoms with E-state index in [4.69, 9.17) is 4.74 Å². The van der Waals surface area contributed by atoms with Crippen molar-refractivity contribution in [3.8, 4) is 6.07 Å². The van der Waals surface area contributed by atoms with Crippen LogP contribution in [-0.4, -0.2) is 99.2 Å². The van der Waals surface area contributed by atoms with Gasteiger partial charge < -0.3 is 29.7 Å². The summed E-state index contributed by atoms with van der Waals surface area (Å²) in [5.74, 6) is -1.41. The van der Waals surface area contributed by atoms with Crippen LogP contribution in [0, 0.1) is 24.1 Å². The van der Waals surface area contributed by atoms with Crippen molar-refractivity contribution in [2.24, 2.45) is 0 Å². The third-order valence-electron chi connectivity index (χ3n) is 8.03. The molecule has 248 valence electrons. The quantitative estimate of drug-likeness (QED) is 0.320. The van der Waals surface area contributed by atoms with E-state index in [9.17, 15) is 28.0 Å². The van der Waals surface area contributed by atoms with Crippen LogP contribution in [0.5, 0.6) is 0 Å². The Morgan fingerprint density at radius 1 is 1.22 bits per heavy atom. The first-order valence-electron chi connectivity index (χ1n) is 15.1. The predicted molar refractivity (Wildman–Crippen MR) is 166 cm³/mol. The molecule has 2 amide bonds. The lowest BCUT2D eigenvalue weighted by Crippen LogP contribution is -2.47. The summed E-state index contributed by atoms with van der Waals surface area (Å²) in [6.07, 6.45) is -0.0544. The van der Waals surface area contributed by atoms with Gasteiger partial charge in [0.15, 0.2) is 0 Å². The molecule has 0 radical (unpaired) electrons. The molecule has 1 N–H and O–H groups in total. The van der Waals surface area contributed by atoms with Gasteiger partial charge in [-0.15, -0.1) is 0 Å². The fourth-order valence-corrected chi connectivity index (χ4v) is 5.64. The maximum Gasteiger partial charge on any atom is 0.417 e. The first-order valence-corrected chi connectivity index (χ1v) is 15.1. The Balaban J connectivity index is 1.46. The molecule has 1 aromatic heterocycles. The zero-order valence-electron chi connectivity index (χ0n) is 26.4. The van der Waals surface area contributed by atoms with Gasteiger partial charge in [-0.2, -0.15) is 18.4 Å². The summed E-state index contributed by atoms with van der Waals surface area (Å²) >= 11 is 0. The number of rotatable bonds is 9. The Labute approximate surface area is 266 Å². The lowest BCUT2D eigenvalue weighted by Gasteiger charge is -2.36. The van der Waals surface area contributed by atoms with E-state index in [0.29, 0.717) is 38.2 Å². The number of alkyl halides is 3. The number of likely N-dealkylation sites (tertiary alicyclic amines) is 1. The van der Waals surface area contributed by atoms with Crippen molar-refractivity contribution in [1.29, 1.82) is 5.26 Å². The van der Waals surface area contributed by atoms with Crippen LogP contribution in [-0.2, 0) is 20.5 Å². The van der Waals surface area contributed by atoms with Crippen LogP contribution in [0.15, 0.2) is 36.4 Å². The number of nitrogens with one attached hydrogen (secondary N) is 1. The number of ether oxygens (including phenoxy) is 1. The van der Waals surface area contributed by atoms with Crippen molar-refractivity contribution < 1.29 is 31.9 Å². The van der Waals surface area contributed by atoms with Gasteiger partial charge in [0.05, 0.1) is 29.6 Å². The van der Waals surface area contributed by atoms with Crippen LogP contribution in [0.2, 0.25) is 0 Å². The SMILES string of the molecule is Cc1cc(C(F)(F)F)c(C#N)c(N[C@H]2CCN(CCOC3CCN(C(=O)/C=C/CN(C)C)CC3)c3c(F)cccc3N(C)C2=O)n1. The number of nitriles is 1. The second kappa shape index (κ2) is 14.9. The van der Waals surface area contributed by atoms with Gasteiger partial charge in [0, 0.05) is 51.5 Å². The number of carbonyl (C=O) groups excluding carboxylic acids is 2. The summed E-state index contributed by atoms with van der Waals surface area (Å²) in [5.41, 5.74) is -1.30. The van der Waals surface area contributed by atoms with E-state index in [1.165, 1.54) is 31.0 Å².